The molecule has 0 amide bonds. The molecule has 26 heavy (non-hydrogen) atoms. The highest BCUT2D eigenvalue weighted by molar-refractivity contribution is 5.55. The minimum Gasteiger partial charge on any atom is -0.492 e. The predicted molar refractivity (Wildman–Crippen MR) is 105 cm³/mol. The topological polar surface area (TPSA) is 41.9 Å². The maximum atomic E-state index is 8.82. The molecule has 0 bridgehead atoms. The van der Waals surface area contributed by atoms with Gasteiger partial charge >= 0.3 is 0 Å². The first-order valence-corrected chi connectivity index (χ1v) is 9.56. The highest BCUT2D eigenvalue weighted by Gasteiger charge is 2.15. The molecule has 4 heteroatoms. The summed E-state index contributed by atoms with van der Waals surface area (Å²) in [6, 6.07) is 16.8. The summed E-state index contributed by atoms with van der Waals surface area (Å²) in [5.74, 6) is 0.890. The second-order valence-electron chi connectivity index (χ2n) is 6.73. The lowest BCUT2D eigenvalue weighted by Crippen LogP contribution is -2.33. The van der Waals surface area contributed by atoms with E-state index in [4.69, 9.17) is 14.6 Å². The van der Waals surface area contributed by atoms with Crippen LogP contribution in [0.1, 0.15) is 37.0 Å². The second kappa shape index (κ2) is 9.60. The number of hydrogen-bond donors (Lipinski definition) is 1. The molecular formula is C22H29NO3. The van der Waals surface area contributed by atoms with Gasteiger partial charge < -0.3 is 19.5 Å². The Kier molecular flexibility index (Phi) is 6.92. The number of aryl methyl sites for hydroxylation is 1. The SMILES string of the molecule is CC(OCCCO)c1ccc(OCCN2CCCc3ccccc32)cc1. The normalized spacial score (nSPS) is 14.8. The fraction of sp³-hybridized carbons (Fsp3) is 0.455. The Morgan fingerprint density at radius 1 is 1.08 bits per heavy atom. The smallest absolute Gasteiger partial charge is 0.119 e. The molecule has 0 spiro atoms. The zero-order valence-corrected chi connectivity index (χ0v) is 15.6. The molecule has 1 aliphatic heterocycles. The van der Waals surface area contributed by atoms with Crippen molar-refractivity contribution in [2.45, 2.75) is 32.3 Å². The maximum absolute atomic E-state index is 8.82. The van der Waals surface area contributed by atoms with Crippen molar-refractivity contribution >= 4 is 5.69 Å². The van der Waals surface area contributed by atoms with Gasteiger partial charge in [-0.25, -0.2) is 0 Å². The lowest BCUT2D eigenvalue weighted by Gasteiger charge is -2.31. The van der Waals surface area contributed by atoms with Crippen molar-refractivity contribution < 1.29 is 14.6 Å². The minimum absolute atomic E-state index is 0.0282. The van der Waals surface area contributed by atoms with Gasteiger partial charge in [0.2, 0.25) is 0 Å². The number of hydrogen-bond acceptors (Lipinski definition) is 4. The number of nitrogens with zero attached hydrogens (tertiary/aromatic N) is 1. The van der Waals surface area contributed by atoms with Crippen LogP contribution < -0.4 is 9.64 Å². The van der Waals surface area contributed by atoms with Gasteiger partial charge in [0.05, 0.1) is 12.6 Å². The van der Waals surface area contributed by atoms with Gasteiger partial charge in [-0.3, -0.25) is 0 Å². The monoisotopic (exact) mass is 355 g/mol. The third kappa shape index (κ3) is 4.99. The molecule has 0 aliphatic carbocycles. The number of aliphatic hydroxyl groups excluding tert-OH is 1. The van der Waals surface area contributed by atoms with Crippen LogP contribution in [0, 0.1) is 0 Å². The molecule has 2 aromatic carbocycles. The fourth-order valence-corrected chi connectivity index (χ4v) is 3.37. The highest BCUT2D eigenvalue weighted by Crippen LogP contribution is 2.26. The van der Waals surface area contributed by atoms with E-state index in [1.54, 1.807) is 0 Å². The maximum Gasteiger partial charge on any atom is 0.119 e. The largest absolute Gasteiger partial charge is 0.492 e. The first-order valence-electron chi connectivity index (χ1n) is 9.56. The number of aliphatic hydroxyl groups is 1. The minimum atomic E-state index is 0.0282. The van der Waals surface area contributed by atoms with E-state index in [1.807, 2.05) is 19.1 Å². The van der Waals surface area contributed by atoms with Crippen LogP contribution in [-0.4, -0.2) is 38.0 Å². The van der Waals surface area contributed by atoms with Gasteiger partial charge in [0.15, 0.2) is 0 Å². The second-order valence-corrected chi connectivity index (χ2v) is 6.73. The number of fused-ring (bicyclic) bond motifs is 1. The van der Waals surface area contributed by atoms with E-state index < -0.39 is 0 Å². The van der Waals surface area contributed by atoms with Gasteiger partial charge in [-0.2, -0.15) is 0 Å². The van der Waals surface area contributed by atoms with Crippen molar-refractivity contribution in [1.82, 2.24) is 0 Å². The number of benzene rings is 2. The average Bonchev–Trinajstić information content (AvgIpc) is 2.69. The van der Waals surface area contributed by atoms with E-state index in [0.29, 0.717) is 19.6 Å². The lowest BCUT2D eigenvalue weighted by atomic mass is 10.0. The van der Waals surface area contributed by atoms with Gasteiger partial charge in [0, 0.05) is 25.4 Å². The summed E-state index contributed by atoms with van der Waals surface area (Å²) in [5.41, 5.74) is 3.92. The molecule has 4 nitrogen and oxygen atoms in total. The molecule has 0 saturated carbocycles. The molecule has 1 heterocycles. The Balaban J connectivity index is 1.47. The van der Waals surface area contributed by atoms with Crippen molar-refractivity contribution in [1.29, 1.82) is 0 Å². The Labute approximate surface area is 156 Å². The van der Waals surface area contributed by atoms with E-state index in [1.165, 1.54) is 24.1 Å². The summed E-state index contributed by atoms with van der Waals surface area (Å²) in [5, 5.41) is 8.82. The van der Waals surface area contributed by atoms with Gasteiger partial charge in [-0.1, -0.05) is 30.3 Å². The first kappa shape index (κ1) is 18.7. The molecule has 0 aromatic heterocycles. The molecule has 140 valence electrons. The Hall–Kier alpha value is -2.04. The van der Waals surface area contributed by atoms with E-state index >= 15 is 0 Å². The zero-order chi connectivity index (χ0) is 18.2. The Morgan fingerprint density at radius 3 is 2.69 bits per heavy atom. The molecule has 1 N–H and O–H groups in total. The average molecular weight is 355 g/mol. The standard InChI is InChI=1S/C22H29NO3/c1-18(25-16-5-15-24)19-9-11-21(12-10-19)26-17-14-23-13-4-7-20-6-2-3-8-22(20)23/h2-3,6,8-12,18,24H,4-5,7,13-17H2,1H3. The van der Waals surface area contributed by atoms with Gasteiger partial charge in [0.1, 0.15) is 12.4 Å². The predicted octanol–water partition coefficient (Wildman–Crippen LogP) is 3.98. The number of ether oxygens (including phenoxy) is 2. The summed E-state index contributed by atoms with van der Waals surface area (Å²) < 4.78 is 11.6. The summed E-state index contributed by atoms with van der Waals surface area (Å²) in [6.07, 6.45) is 3.08. The van der Waals surface area contributed by atoms with Crippen LogP contribution in [-0.2, 0) is 11.2 Å². The van der Waals surface area contributed by atoms with Crippen LogP contribution in [0.4, 0.5) is 5.69 Å². The molecule has 0 fully saturated rings. The zero-order valence-electron chi connectivity index (χ0n) is 15.6. The number of rotatable bonds is 9. The molecule has 1 aliphatic rings. The number of para-hydroxylation sites is 1. The van der Waals surface area contributed by atoms with Crippen molar-refractivity contribution in [3.8, 4) is 5.75 Å². The molecule has 0 saturated heterocycles. The molecule has 3 rings (SSSR count). The molecule has 0 radical (unpaired) electrons. The van der Waals surface area contributed by atoms with Crippen molar-refractivity contribution in [3.05, 3.63) is 59.7 Å². The summed E-state index contributed by atoms with van der Waals surface area (Å²) >= 11 is 0. The van der Waals surface area contributed by atoms with Crippen LogP contribution in [0.2, 0.25) is 0 Å². The van der Waals surface area contributed by atoms with Crippen LogP contribution in [0.5, 0.6) is 5.75 Å². The molecular weight excluding hydrogens is 326 g/mol. The Bertz CT molecular complexity index is 671. The third-order valence-electron chi connectivity index (χ3n) is 4.86. The van der Waals surface area contributed by atoms with Gasteiger partial charge in [0.25, 0.3) is 0 Å². The van der Waals surface area contributed by atoms with Crippen LogP contribution >= 0.6 is 0 Å². The molecule has 2 aromatic rings. The molecule has 1 atom stereocenters. The van der Waals surface area contributed by atoms with Crippen LogP contribution in [0.25, 0.3) is 0 Å². The number of anilines is 1. The summed E-state index contributed by atoms with van der Waals surface area (Å²) in [6.45, 7) is 5.45. The van der Waals surface area contributed by atoms with Crippen molar-refractivity contribution in [2.24, 2.45) is 0 Å². The first-order chi connectivity index (χ1) is 12.8. The third-order valence-corrected chi connectivity index (χ3v) is 4.86. The van der Waals surface area contributed by atoms with Crippen LogP contribution in [0.3, 0.4) is 0 Å². The van der Waals surface area contributed by atoms with Gasteiger partial charge in [-0.15, -0.1) is 0 Å². The summed E-state index contributed by atoms with van der Waals surface area (Å²) in [7, 11) is 0. The van der Waals surface area contributed by atoms with E-state index in [2.05, 4.69) is 41.3 Å². The fourth-order valence-electron chi connectivity index (χ4n) is 3.37. The lowest BCUT2D eigenvalue weighted by molar-refractivity contribution is 0.0553. The van der Waals surface area contributed by atoms with E-state index in [9.17, 15) is 0 Å². The highest BCUT2D eigenvalue weighted by atomic mass is 16.5. The molecule has 1 unspecified atom stereocenters. The summed E-state index contributed by atoms with van der Waals surface area (Å²) in [4.78, 5) is 2.42. The Morgan fingerprint density at radius 2 is 1.88 bits per heavy atom. The van der Waals surface area contributed by atoms with Gasteiger partial charge in [-0.05, 0) is 55.5 Å². The van der Waals surface area contributed by atoms with Crippen molar-refractivity contribution in [3.63, 3.8) is 0 Å². The van der Waals surface area contributed by atoms with E-state index in [0.717, 1.165) is 24.4 Å². The van der Waals surface area contributed by atoms with Crippen LogP contribution in [0.15, 0.2) is 48.5 Å². The quantitative estimate of drug-likeness (QED) is 0.691. The van der Waals surface area contributed by atoms with E-state index in [-0.39, 0.29) is 12.7 Å². The van der Waals surface area contributed by atoms with Crippen molar-refractivity contribution in [2.75, 3.05) is 37.8 Å².